The lowest BCUT2D eigenvalue weighted by molar-refractivity contribution is 0.627. The first-order valence-electron chi connectivity index (χ1n) is 7.16. The van der Waals surface area contributed by atoms with Gasteiger partial charge in [0.05, 0.1) is 5.03 Å². The van der Waals surface area contributed by atoms with E-state index in [2.05, 4.69) is 4.98 Å². The number of rotatable bonds is 3. The van der Waals surface area contributed by atoms with E-state index in [0.717, 1.165) is 47.4 Å². The van der Waals surface area contributed by atoms with Gasteiger partial charge in [0.1, 0.15) is 11.5 Å². The molecule has 0 spiro atoms. The van der Waals surface area contributed by atoms with E-state index in [4.69, 9.17) is 17.3 Å². The van der Waals surface area contributed by atoms with Gasteiger partial charge >= 0.3 is 0 Å². The van der Waals surface area contributed by atoms with Gasteiger partial charge in [0.25, 0.3) is 5.56 Å². The van der Waals surface area contributed by atoms with Crippen molar-refractivity contribution >= 4 is 29.1 Å². The smallest absolute Gasteiger partial charge is 0.272 e. The number of nitrogens with two attached hydrogens (primary N) is 1. The fourth-order valence-electron chi connectivity index (χ4n) is 2.75. The lowest BCUT2D eigenvalue weighted by atomic mass is 9.92. The van der Waals surface area contributed by atoms with Crippen LogP contribution in [-0.2, 0) is 18.6 Å². The molecule has 116 valence electrons. The number of pyridine rings is 1. The van der Waals surface area contributed by atoms with Crippen LogP contribution in [0.25, 0.3) is 0 Å². The van der Waals surface area contributed by atoms with E-state index in [0.29, 0.717) is 16.5 Å². The number of aromatic nitrogens is 1. The molecule has 1 aliphatic rings. The van der Waals surface area contributed by atoms with Gasteiger partial charge in [0.2, 0.25) is 0 Å². The number of H-pyrrole nitrogens is 1. The first-order chi connectivity index (χ1) is 10.6. The Hall–Kier alpha value is -1.46. The Bertz CT molecular complexity index is 775. The highest BCUT2D eigenvalue weighted by Crippen LogP contribution is 2.33. The van der Waals surface area contributed by atoms with E-state index in [1.165, 1.54) is 23.9 Å². The number of benzene rings is 1. The molecule has 0 atom stereocenters. The Kier molecular flexibility index (Phi) is 4.45. The third-order valence-corrected chi connectivity index (χ3v) is 5.37. The molecule has 3 N–H and O–H groups in total. The monoisotopic (exact) mass is 338 g/mol. The minimum atomic E-state index is -0.350. The molecule has 1 aromatic heterocycles. The van der Waals surface area contributed by atoms with Gasteiger partial charge in [-0.15, -0.1) is 11.8 Å². The van der Waals surface area contributed by atoms with Gasteiger partial charge in [-0.1, -0.05) is 17.7 Å². The van der Waals surface area contributed by atoms with Gasteiger partial charge in [0.15, 0.2) is 0 Å². The minimum Gasteiger partial charge on any atom is -0.394 e. The molecule has 22 heavy (non-hydrogen) atoms. The third-order valence-electron chi connectivity index (χ3n) is 3.93. The van der Waals surface area contributed by atoms with E-state index >= 15 is 0 Å². The number of hydrogen-bond acceptors (Lipinski definition) is 3. The predicted octanol–water partition coefficient (Wildman–Crippen LogP) is 3.92. The normalized spacial score (nSPS) is 13.9. The summed E-state index contributed by atoms with van der Waals surface area (Å²) in [4.78, 5) is 14.8. The quantitative estimate of drug-likeness (QED) is 0.834. The van der Waals surface area contributed by atoms with E-state index < -0.39 is 0 Å². The number of anilines is 1. The molecule has 3 nitrogen and oxygen atoms in total. The zero-order valence-corrected chi connectivity index (χ0v) is 13.5. The summed E-state index contributed by atoms with van der Waals surface area (Å²) in [6, 6.07) is 4.37. The predicted molar refractivity (Wildman–Crippen MR) is 89.1 cm³/mol. The molecule has 1 aromatic carbocycles. The Morgan fingerprint density at radius 2 is 2.00 bits per heavy atom. The molecule has 0 aliphatic heterocycles. The van der Waals surface area contributed by atoms with Crippen molar-refractivity contribution in [2.24, 2.45) is 0 Å². The van der Waals surface area contributed by atoms with Crippen molar-refractivity contribution in [1.29, 1.82) is 0 Å². The number of hydrogen-bond donors (Lipinski definition) is 2. The molecule has 0 radical (unpaired) electrons. The van der Waals surface area contributed by atoms with Gasteiger partial charge in [-0.2, -0.15) is 0 Å². The van der Waals surface area contributed by atoms with Gasteiger partial charge in [-0.25, -0.2) is 4.39 Å². The summed E-state index contributed by atoms with van der Waals surface area (Å²) in [7, 11) is 0. The minimum absolute atomic E-state index is 0.228. The summed E-state index contributed by atoms with van der Waals surface area (Å²) in [5.74, 6) is 0.225. The van der Waals surface area contributed by atoms with Crippen LogP contribution in [-0.4, -0.2) is 4.98 Å². The number of halogens is 2. The maximum Gasteiger partial charge on any atom is 0.272 e. The lowest BCUT2D eigenvalue weighted by Crippen LogP contribution is -2.20. The molecule has 3 rings (SSSR count). The van der Waals surface area contributed by atoms with Crippen molar-refractivity contribution in [3.05, 3.63) is 56.1 Å². The maximum atomic E-state index is 13.1. The van der Waals surface area contributed by atoms with Gasteiger partial charge in [-0.3, -0.25) is 4.79 Å². The summed E-state index contributed by atoms with van der Waals surface area (Å²) in [5, 5.41) is 1.26. The van der Waals surface area contributed by atoms with Crippen LogP contribution in [0.4, 0.5) is 10.1 Å². The van der Waals surface area contributed by atoms with E-state index in [1.807, 2.05) is 0 Å². The molecule has 6 heteroatoms. The number of nitrogens with one attached hydrogen (secondary N) is 1. The van der Waals surface area contributed by atoms with Crippen molar-refractivity contribution in [2.45, 2.75) is 36.5 Å². The van der Waals surface area contributed by atoms with E-state index in [1.54, 1.807) is 6.07 Å². The Balaban J connectivity index is 1.89. The zero-order chi connectivity index (χ0) is 15.7. The van der Waals surface area contributed by atoms with Crippen LogP contribution < -0.4 is 11.3 Å². The van der Waals surface area contributed by atoms with Crippen molar-refractivity contribution < 1.29 is 4.39 Å². The second-order valence-corrected chi connectivity index (χ2v) is 6.78. The molecule has 1 heterocycles. The van der Waals surface area contributed by atoms with Crippen LogP contribution in [0, 0.1) is 5.82 Å². The van der Waals surface area contributed by atoms with Crippen LogP contribution in [0.15, 0.2) is 28.0 Å². The molecule has 0 unspecified atom stereocenters. The summed E-state index contributed by atoms with van der Waals surface area (Å²) in [5.41, 5.74) is 9.00. The number of fused-ring (bicyclic) bond motifs is 1. The zero-order valence-electron chi connectivity index (χ0n) is 11.9. The van der Waals surface area contributed by atoms with Crippen molar-refractivity contribution in [2.75, 3.05) is 5.73 Å². The summed E-state index contributed by atoms with van der Waals surface area (Å²) < 4.78 is 13.1. The fourth-order valence-corrected chi connectivity index (χ4v) is 4.18. The summed E-state index contributed by atoms with van der Waals surface area (Å²) in [6.07, 6.45) is 3.95. The second-order valence-electron chi connectivity index (χ2n) is 5.39. The number of nitrogen functional groups attached to an aromatic ring is 1. The highest BCUT2D eigenvalue weighted by Gasteiger charge is 2.19. The van der Waals surface area contributed by atoms with Gasteiger partial charge < -0.3 is 10.7 Å². The lowest BCUT2D eigenvalue weighted by Gasteiger charge is -2.20. The molecule has 0 bridgehead atoms. The Labute approximate surface area is 137 Å². The SMILES string of the molecule is Nc1c2c(c(SCc3ccc(F)cc3Cl)[nH]c1=O)CCCC2. The highest BCUT2D eigenvalue weighted by atomic mass is 35.5. The Morgan fingerprint density at radius 1 is 1.27 bits per heavy atom. The second kappa shape index (κ2) is 6.34. The van der Waals surface area contributed by atoms with Crippen LogP contribution >= 0.6 is 23.4 Å². The third kappa shape index (κ3) is 3.01. The summed E-state index contributed by atoms with van der Waals surface area (Å²) >= 11 is 7.56. The number of thioether (sulfide) groups is 1. The molecule has 0 saturated carbocycles. The standard InChI is InChI=1S/C16H16ClFN2OS/c17-13-7-10(18)6-5-9(13)8-22-16-12-4-2-1-3-11(12)14(19)15(21)20-16/h5-7H,1-4,8,19H2,(H,20,21). The van der Waals surface area contributed by atoms with E-state index in [-0.39, 0.29) is 11.4 Å². The van der Waals surface area contributed by atoms with Crippen LogP contribution in [0.1, 0.15) is 29.5 Å². The number of aromatic amines is 1. The molecule has 0 fully saturated rings. The topological polar surface area (TPSA) is 58.9 Å². The maximum absolute atomic E-state index is 13.1. The van der Waals surface area contributed by atoms with Crippen LogP contribution in [0.2, 0.25) is 5.02 Å². The molecular weight excluding hydrogens is 323 g/mol. The van der Waals surface area contributed by atoms with Gasteiger partial charge in [0, 0.05) is 10.8 Å². The largest absolute Gasteiger partial charge is 0.394 e. The van der Waals surface area contributed by atoms with Crippen molar-refractivity contribution in [1.82, 2.24) is 4.98 Å². The average molecular weight is 339 g/mol. The van der Waals surface area contributed by atoms with Crippen LogP contribution in [0.5, 0.6) is 0 Å². The first kappa shape index (κ1) is 15.4. The average Bonchev–Trinajstić information content (AvgIpc) is 2.51. The molecule has 0 saturated heterocycles. The van der Waals surface area contributed by atoms with Crippen molar-refractivity contribution in [3.63, 3.8) is 0 Å². The van der Waals surface area contributed by atoms with Crippen LogP contribution in [0.3, 0.4) is 0 Å². The molecule has 0 amide bonds. The fraction of sp³-hybridized carbons (Fsp3) is 0.312. The first-order valence-corrected chi connectivity index (χ1v) is 8.53. The molecule has 1 aliphatic carbocycles. The molecular formula is C16H16ClFN2OS. The highest BCUT2D eigenvalue weighted by molar-refractivity contribution is 7.98. The van der Waals surface area contributed by atoms with Gasteiger partial charge in [-0.05, 0) is 54.5 Å². The van der Waals surface area contributed by atoms with E-state index in [9.17, 15) is 9.18 Å². The Morgan fingerprint density at radius 3 is 2.73 bits per heavy atom. The molecule has 2 aromatic rings. The van der Waals surface area contributed by atoms with Crippen molar-refractivity contribution in [3.8, 4) is 0 Å². The summed E-state index contributed by atoms with van der Waals surface area (Å²) in [6.45, 7) is 0.